The number of hydrogen-bond donors (Lipinski definition) is 1. The van der Waals surface area contributed by atoms with Gasteiger partial charge in [0.2, 0.25) is 0 Å². The Morgan fingerprint density at radius 2 is 2.04 bits per heavy atom. The van der Waals surface area contributed by atoms with Crippen molar-refractivity contribution in [2.24, 2.45) is 0 Å². The summed E-state index contributed by atoms with van der Waals surface area (Å²) in [7, 11) is 0. The molecule has 0 radical (unpaired) electrons. The van der Waals surface area contributed by atoms with Crippen LogP contribution in [-0.4, -0.2) is 23.0 Å². The molecular formula is C15H11Cl2FN2O3. The van der Waals surface area contributed by atoms with Gasteiger partial charge < -0.3 is 10.1 Å². The third-order valence-electron chi connectivity index (χ3n) is 2.82. The maximum Gasteiger partial charge on any atom is 0.341 e. The molecule has 0 aliphatic heterocycles. The van der Waals surface area contributed by atoms with Gasteiger partial charge in [-0.05, 0) is 37.3 Å². The van der Waals surface area contributed by atoms with E-state index < -0.39 is 23.8 Å². The number of esters is 1. The highest BCUT2D eigenvalue weighted by Crippen LogP contribution is 2.19. The standard InChI is InChI=1S/C15H11Cl2FN2O3/c1-8(14(21)20-12-3-2-6-19-13(12)17)23-15(22)10-7-9(16)4-5-11(10)18/h2-8H,1H3,(H,20,21)/t8-/m0/s1. The summed E-state index contributed by atoms with van der Waals surface area (Å²) >= 11 is 11.5. The fraction of sp³-hybridized carbons (Fsp3) is 0.133. The number of carbonyl (C=O) groups excluding carboxylic acids is 2. The SMILES string of the molecule is C[C@H](OC(=O)c1cc(Cl)ccc1F)C(=O)Nc1cccnc1Cl. The van der Waals surface area contributed by atoms with Crippen molar-refractivity contribution in [1.29, 1.82) is 0 Å². The third kappa shape index (κ3) is 4.40. The van der Waals surface area contributed by atoms with Crippen LogP contribution in [-0.2, 0) is 9.53 Å². The summed E-state index contributed by atoms with van der Waals surface area (Å²) in [5, 5.41) is 2.74. The van der Waals surface area contributed by atoms with E-state index in [1.54, 1.807) is 12.1 Å². The third-order valence-corrected chi connectivity index (χ3v) is 3.35. The molecule has 2 aromatic rings. The average Bonchev–Trinajstić information content (AvgIpc) is 2.51. The van der Waals surface area contributed by atoms with Gasteiger partial charge in [-0.1, -0.05) is 23.2 Å². The van der Waals surface area contributed by atoms with Crippen LogP contribution in [0.4, 0.5) is 10.1 Å². The number of nitrogens with zero attached hydrogens (tertiary/aromatic N) is 1. The number of nitrogens with one attached hydrogen (secondary N) is 1. The Kier molecular flexibility index (Phi) is 5.52. The lowest BCUT2D eigenvalue weighted by Crippen LogP contribution is -2.30. The van der Waals surface area contributed by atoms with Crippen LogP contribution in [0.25, 0.3) is 0 Å². The molecule has 0 saturated heterocycles. The van der Waals surface area contributed by atoms with Gasteiger partial charge in [-0.25, -0.2) is 14.2 Å². The number of hydrogen-bond acceptors (Lipinski definition) is 4. The highest BCUT2D eigenvalue weighted by atomic mass is 35.5. The lowest BCUT2D eigenvalue weighted by molar-refractivity contribution is -0.123. The molecule has 8 heteroatoms. The highest BCUT2D eigenvalue weighted by molar-refractivity contribution is 6.32. The fourth-order valence-electron chi connectivity index (χ4n) is 1.65. The van der Waals surface area contributed by atoms with Gasteiger partial charge in [-0.2, -0.15) is 0 Å². The van der Waals surface area contributed by atoms with Gasteiger partial charge in [-0.15, -0.1) is 0 Å². The van der Waals surface area contributed by atoms with Gasteiger partial charge in [0.1, 0.15) is 5.82 Å². The summed E-state index contributed by atoms with van der Waals surface area (Å²) < 4.78 is 18.5. The molecule has 1 aromatic carbocycles. The van der Waals surface area contributed by atoms with Crippen molar-refractivity contribution in [2.45, 2.75) is 13.0 Å². The van der Waals surface area contributed by atoms with E-state index >= 15 is 0 Å². The summed E-state index contributed by atoms with van der Waals surface area (Å²) in [6.45, 7) is 1.35. The van der Waals surface area contributed by atoms with E-state index in [1.165, 1.54) is 19.2 Å². The van der Waals surface area contributed by atoms with Crippen LogP contribution < -0.4 is 5.32 Å². The van der Waals surface area contributed by atoms with Crippen LogP contribution in [0.5, 0.6) is 0 Å². The molecule has 1 aromatic heterocycles. The van der Waals surface area contributed by atoms with E-state index in [9.17, 15) is 14.0 Å². The van der Waals surface area contributed by atoms with Gasteiger partial charge in [0.15, 0.2) is 11.3 Å². The van der Waals surface area contributed by atoms with Crippen LogP contribution in [0.15, 0.2) is 36.5 Å². The second kappa shape index (κ2) is 7.39. The van der Waals surface area contributed by atoms with Crippen molar-refractivity contribution in [3.8, 4) is 0 Å². The van der Waals surface area contributed by atoms with Crippen molar-refractivity contribution < 1.29 is 18.7 Å². The van der Waals surface area contributed by atoms with Crippen LogP contribution in [0.2, 0.25) is 10.2 Å². The molecule has 2 rings (SSSR count). The molecule has 0 unspecified atom stereocenters. The van der Waals surface area contributed by atoms with Crippen molar-refractivity contribution >= 4 is 40.8 Å². The number of benzene rings is 1. The summed E-state index contributed by atoms with van der Waals surface area (Å²) in [6.07, 6.45) is 0.292. The molecule has 1 heterocycles. The van der Waals surface area contributed by atoms with Crippen molar-refractivity contribution in [3.05, 3.63) is 58.1 Å². The quantitative estimate of drug-likeness (QED) is 0.669. The van der Waals surface area contributed by atoms with E-state index in [-0.39, 0.29) is 21.4 Å². The van der Waals surface area contributed by atoms with Gasteiger partial charge in [-0.3, -0.25) is 4.79 Å². The minimum absolute atomic E-state index is 0.0975. The number of halogens is 3. The molecule has 1 N–H and O–H groups in total. The first-order chi connectivity index (χ1) is 10.9. The predicted molar refractivity (Wildman–Crippen MR) is 84.2 cm³/mol. The largest absolute Gasteiger partial charge is 0.449 e. The zero-order chi connectivity index (χ0) is 17.0. The minimum atomic E-state index is -1.17. The van der Waals surface area contributed by atoms with E-state index in [2.05, 4.69) is 10.3 Å². The van der Waals surface area contributed by atoms with Crippen LogP contribution in [0.1, 0.15) is 17.3 Å². The zero-order valence-corrected chi connectivity index (χ0v) is 13.4. The Bertz CT molecular complexity index is 755. The molecule has 0 aliphatic carbocycles. The molecule has 0 saturated carbocycles. The van der Waals surface area contributed by atoms with E-state index in [0.717, 1.165) is 12.1 Å². The molecule has 120 valence electrons. The van der Waals surface area contributed by atoms with E-state index in [4.69, 9.17) is 27.9 Å². The normalized spacial score (nSPS) is 11.7. The Labute approximate surface area is 141 Å². The number of amides is 1. The van der Waals surface area contributed by atoms with Crippen molar-refractivity contribution in [3.63, 3.8) is 0 Å². The zero-order valence-electron chi connectivity index (χ0n) is 11.8. The van der Waals surface area contributed by atoms with Crippen LogP contribution >= 0.6 is 23.2 Å². The fourth-order valence-corrected chi connectivity index (χ4v) is 1.98. The summed E-state index contributed by atoms with van der Waals surface area (Å²) in [5.74, 6) is -2.41. The second-order valence-corrected chi connectivity index (χ2v) is 5.30. The minimum Gasteiger partial charge on any atom is -0.449 e. The highest BCUT2D eigenvalue weighted by Gasteiger charge is 2.22. The Morgan fingerprint density at radius 1 is 1.30 bits per heavy atom. The number of anilines is 1. The molecule has 1 atom stereocenters. The maximum absolute atomic E-state index is 13.6. The molecule has 23 heavy (non-hydrogen) atoms. The second-order valence-electron chi connectivity index (χ2n) is 4.50. The van der Waals surface area contributed by atoms with E-state index in [1.807, 2.05) is 0 Å². The smallest absolute Gasteiger partial charge is 0.341 e. The summed E-state index contributed by atoms with van der Waals surface area (Å²) in [5.41, 5.74) is -0.0763. The first kappa shape index (κ1) is 17.2. The van der Waals surface area contributed by atoms with Crippen LogP contribution in [0.3, 0.4) is 0 Å². The molecular weight excluding hydrogens is 346 g/mol. The molecule has 0 fully saturated rings. The maximum atomic E-state index is 13.6. The Hall–Kier alpha value is -2.18. The van der Waals surface area contributed by atoms with Gasteiger partial charge in [0.25, 0.3) is 5.91 Å². The Balaban J connectivity index is 2.05. The topological polar surface area (TPSA) is 68.3 Å². The molecule has 0 aliphatic rings. The van der Waals surface area contributed by atoms with Crippen LogP contribution in [0, 0.1) is 5.82 Å². The average molecular weight is 357 g/mol. The predicted octanol–water partition coefficient (Wildman–Crippen LogP) is 3.71. The number of carbonyl (C=O) groups is 2. The Morgan fingerprint density at radius 3 is 2.74 bits per heavy atom. The first-order valence-electron chi connectivity index (χ1n) is 6.46. The molecule has 0 bridgehead atoms. The van der Waals surface area contributed by atoms with E-state index in [0.29, 0.717) is 0 Å². The molecule has 1 amide bonds. The summed E-state index contributed by atoms with van der Waals surface area (Å²) in [4.78, 5) is 27.7. The monoisotopic (exact) mass is 356 g/mol. The van der Waals surface area contributed by atoms with Crippen molar-refractivity contribution in [1.82, 2.24) is 4.98 Å². The van der Waals surface area contributed by atoms with Gasteiger partial charge in [0, 0.05) is 11.2 Å². The molecule has 5 nitrogen and oxygen atoms in total. The number of pyridine rings is 1. The number of ether oxygens (including phenoxy) is 1. The number of aromatic nitrogens is 1. The van der Waals surface area contributed by atoms with Crippen molar-refractivity contribution in [2.75, 3.05) is 5.32 Å². The number of rotatable bonds is 4. The van der Waals surface area contributed by atoms with Gasteiger partial charge >= 0.3 is 5.97 Å². The first-order valence-corrected chi connectivity index (χ1v) is 7.21. The van der Waals surface area contributed by atoms with Gasteiger partial charge in [0.05, 0.1) is 11.3 Å². The molecule has 0 spiro atoms. The lowest BCUT2D eigenvalue weighted by Gasteiger charge is -2.14. The lowest BCUT2D eigenvalue weighted by atomic mass is 10.2. The summed E-state index contributed by atoms with van der Waals surface area (Å²) in [6, 6.07) is 6.59.